The number of hydrogen-bond acceptors (Lipinski definition) is 6. The van der Waals surface area contributed by atoms with E-state index in [9.17, 15) is 14.3 Å². The fraction of sp³-hybridized carbons (Fsp3) is 0.444. The van der Waals surface area contributed by atoms with Gasteiger partial charge in [-0.1, -0.05) is 11.6 Å². The number of likely N-dealkylation sites (tertiary alicyclic amines) is 1. The van der Waals surface area contributed by atoms with Crippen LogP contribution in [0.2, 0.25) is 5.02 Å². The lowest BCUT2D eigenvalue weighted by atomic mass is 9.85. The van der Waals surface area contributed by atoms with Crippen molar-refractivity contribution in [1.82, 2.24) is 14.9 Å². The van der Waals surface area contributed by atoms with Crippen molar-refractivity contribution < 1.29 is 14.3 Å². The van der Waals surface area contributed by atoms with Gasteiger partial charge in [0.05, 0.1) is 27.5 Å². The Hall–Kier alpha value is -2.19. The second-order valence-corrected chi connectivity index (χ2v) is 10.2. The third kappa shape index (κ3) is 6.45. The molecule has 5 rings (SSSR count). The summed E-state index contributed by atoms with van der Waals surface area (Å²) in [5.74, 6) is -0.754. The number of aromatic nitrogens is 2. The van der Waals surface area contributed by atoms with E-state index in [1.165, 1.54) is 51.5 Å². The summed E-state index contributed by atoms with van der Waals surface area (Å²) < 4.78 is 14.1. The molecule has 2 aliphatic rings. The highest BCUT2D eigenvalue weighted by atomic mass is 35.5. The molecule has 3 heterocycles. The van der Waals surface area contributed by atoms with Crippen molar-refractivity contribution in [3.05, 3.63) is 46.9 Å². The van der Waals surface area contributed by atoms with Gasteiger partial charge in [-0.25, -0.2) is 9.37 Å². The first-order chi connectivity index (χ1) is 16.9. The third-order valence-electron chi connectivity index (χ3n) is 7.32. The molecule has 0 bridgehead atoms. The summed E-state index contributed by atoms with van der Waals surface area (Å²) in [6, 6.07) is 6.47. The molecular weight excluding hydrogens is 538 g/mol. The van der Waals surface area contributed by atoms with Gasteiger partial charge >= 0.3 is 0 Å². The highest BCUT2D eigenvalue weighted by Crippen LogP contribution is 2.35. The van der Waals surface area contributed by atoms with Gasteiger partial charge < -0.3 is 15.3 Å². The van der Waals surface area contributed by atoms with E-state index in [4.69, 9.17) is 16.6 Å². The van der Waals surface area contributed by atoms with Crippen molar-refractivity contribution in [3.63, 3.8) is 0 Å². The number of nitrogens with one attached hydrogen (secondary N) is 1. The number of nitrogens with zero attached hydrogens (tertiary/aromatic N) is 3. The van der Waals surface area contributed by atoms with Gasteiger partial charge in [-0.2, -0.15) is 0 Å². The maximum absolute atomic E-state index is 14.1. The average molecular weight is 570 g/mol. The highest BCUT2D eigenvalue weighted by molar-refractivity contribution is 6.32. The summed E-state index contributed by atoms with van der Waals surface area (Å²) in [5.41, 5.74) is 3.31. The van der Waals surface area contributed by atoms with Crippen LogP contribution in [0, 0.1) is 11.7 Å². The molecule has 1 aliphatic heterocycles. The molecule has 1 aromatic carbocycles. The number of halogens is 4. The molecule has 0 amide bonds. The first-order valence-electron chi connectivity index (χ1n) is 12.4. The van der Waals surface area contributed by atoms with Crippen molar-refractivity contribution in [2.75, 3.05) is 25.0 Å². The largest absolute Gasteiger partial charge is 0.504 e. The van der Waals surface area contributed by atoms with Crippen LogP contribution >= 0.6 is 36.4 Å². The topological polar surface area (TPSA) is 78.3 Å². The van der Waals surface area contributed by atoms with Gasteiger partial charge in [-0.15, -0.1) is 24.8 Å². The molecule has 3 aromatic rings. The van der Waals surface area contributed by atoms with Crippen LogP contribution in [0.5, 0.6) is 5.75 Å². The number of pyridine rings is 2. The Balaban J connectivity index is 0.00000190. The lowest BCUT2D eigenvalue weighted by Crippen LogP contribution is -2.33. The standard InChI is InChI=1S/C27H30ClFN4O2.2ClH/c1-16(34)20-14-30-24-9-8-23(18-12-21(28)27(35)22(29)13-18)32-26(24)25(20)31-19-6-4-17(5-7-19)15-33-10-2-3-11-33;;/h8-9,12-14,17,19,35H,2-7,10-11,15H2,1H3,(H,30,31);2*1H. The van der Waals surface area contributed by atoms with Crippen LogP contribution in [-0.4, -0.2) is 51.4 Å². The zero-order valence-corrected chi connectivity index (χ0v) is 23.1. The zero-order chi connectivity index (χ0) is 24.5. The molecular formula is C27H32Cl3FN4O2. The first-order valence-corrected chi connectivity index (χ1v) is 12.7. The molecule has 200 valence electrons. The number of phenolic OH excluding ortho intramolecular Hbond substituents is 1. The summed E-state index contributed by atoms with van der Waals surface area (Å²) in [7, 11) is 0. The molecule has 6 nitrogen and oxygen atoms in total. The molecule has 0 spiro atoms. The van der Waals surface area contributed by atoms with Gasteiger partial charge in [0.25, 0.3) is 0 Å². The number of benzene rings is 1. The van der Waals surface area contributed by atoms with Gasteiger partial charge in [0.2, 0.25) is 0 Å². The molecule has 1 saturated heterocycles. The SMILES string of the molecule is CC(=O)c1cnc2ccc(-c3cc(F)c(O)c(Cl)c3)nc2c1NC1CCC(CN2CCCC2)CC1.Cl.Cl. The number of carbonyl (C=O) groups excluding carboxylic acids is 1. The van der Waals surface area contributed by atoms with Gasteiger partial charge in [-0.05, 0) is 88.7 Å². The smallest absolute Gasteiger partial charge is 0.170 e. The third-order valence-corrected chi connectivity index (χ3v) is 7.60. The van der Waals surface area contributed by atoms with E-state index in [-0.39, 0.29) is 41.7 Å². The Morgan fingerprint density at radius 2 is 1.86 bits per heavy atom. The van der Waals surface area contributed by atoms with E-state index in [0.717, 1.165) is 31.6 Å². The summed E-state index contributed by atoms with van der Waals surface area (Å²) in [6.45, 7) is 5.18. The number of anilines is 1. The van der Waals surface area contributed by atoms with E-state index < -0.39 is 11.6 Å². The van der Waals surface area contributed by atoms with Crippen LogP contribution in [0.1, 0.15) is 55.8 Å². The number of carbonyl (C=O) groups is 1. The number of Topliss-reactive ketones (excluding diaryl/α,β-unsaturated/α-hetero) is 1. The fourth-order valence-electron chi connectivity index (χ4n) is 5.38. The molecule has 0 radical (unpaired) electrons. The minimum absolute atomic E-state index is 0. The highest BCUT2D eigenvalue weighted by Gasteiger charge is 2.26. The summed E-state index contributed by atoms with van der Waals surface area (Å²) in [6.07, 6.45) is 8.64. The molecule has 0 unspecified atom stereocenters. The van der Waals surface area contributed by atoms with Crippen LogP contribution in [0.4, 0.5) is 10.1 Å². The van der Waals surface area contributed by atoms with E-state index in [2.05, 4.69) is 15.2 Å². The Bertz CT molecular complexity index is 1240. The van der Waals surface area contributed by atoms with Crippen LogP contribution < -0.4 is 5.32 Å². The van der Waals surface area contributed by atoms with E-state index in [0.29, 0.717) is 33.5 Å². The number of fused-ring (bicyclic) bond motifs is 1. The maximum Gasteiger partial charge on any atom is 0.170 e. The summed E-state index contributed by atoms with van der Waals surface area (Å²) in [5, 5.41) is 13.2. The molecule has 10 heteroatoms. The lowest BCUT2D eigenvalue weighted by Gasteiger charge is -2.32. The van der Waals surface area contributed by atoms with E-state index in [1.807, 2.05) is 0 Å². The van der Waals surface area contributed by atoms with Gasteiger partial charge in [-0.3, -0.25) is 9.78 Å². The molecule has 2 aromatic heterocycles. The number of hydrogen-bond donors (Lipinski definition) is 2. The first kappa shape index (κ1) is 29.4. The van der Waals surface area contributed by atoms with E-state index in [1.54, 1.807) is 18.3 Å². The van der Waals surface area contributed by atoms with Crippen LogP contribution in [0.25, 0.3) is 22.3 Å². The van der Waals surface area contributed by atoms with Crippen molar-refractivity contribution in [2.24, 2.45) is 5.92 Å². The van der Waals surface area contributed by atoms with Crippen LogP contribution in [-0.2, 0) is 0 Å². The zero-order valence-electron chi connectivity index (χ0n) is 20.7. The van der Waals surface area contributed by atoms with Crippen molar-refractivity contribution >= 4 is 58.9 Å². The lowest BCUT2D eigenvalue weighted by molar-refractivity contribution is 0.101. The molecule has 1 aliphatic carbocycles. The summed E-state index contributed by atoms with van der Waals surface area (Å²) >= 11 is 5.99. The Morgan fingerprint density at radius 3 is 2.51 bits per heavy atom. The number of ketones is 1. The quantitative estimate of drug-likeness (QED) is 0.314. The Kier molecular flexibility index (Phi) is 9.98. The monoisotopic (exact) mass is 568 g/mol. The molecule has 1 saturated carbocycles. The average Bonchev–Trinajstić information content (AvgIpc) is 3.36. The number of aromatic hydroxyl groups is 1. The fourth-order valence-corrected chi connectivity index (χ4v) is 5.59. The summed E-state index contributed by atoms with van der Waals surface area (Å²) in [4.78, 5) is 24.3. The predicted octanol–water partition coefficient (Wildman–Crippen LogP) is 6.91. The molecule has 2 fully saturated rings. The maximum atomic E-state index is 14.1. The van der Waals surface area contributed by atoms with Crippen molar-refractivity contribution in [1.29, 1.82) is 0 Å². The molecule has 0 atom stereocenters. The van der Waals surface area contributed by atoms with Gasteiger partial charge in [0, 0.05) is 24.3 Å². The second-order valence-electron chi connectivity index (χ2n) is 9.83. The molecule has 37 heavy (non-hydrogen) atoms. The van der Waals surface area contributed by atoms with E-state index >= 15 is 0 Å². The van der Waals surface area contributed by atoms with Crippen LogP contribution in [0.3, 0.4) is 0 Å². The van der Waals surface area contributed by atoms with Crippen molar-refractivity contribution in [3.8, 4) is 17.0 Å². The van der Waals surface area contributed by atoms with Gasteiger partial charge in [0.1, 0.15) is 5.52 Å². The normalized spacial score (nSPS) is 19.8. The number of phenols is 1. The Labute approximate surface area is 233 Å². The van der Waals surface area contributed by atoms with Crippen molar-refractivity contribution in [2.45, 2.75) is 51.5 Å². The van der Waals surface area contributed by atoms with Gasteiger partial charge in [0.15, 0.2) is 17.3 Å². The number of rotatable bonds is 6. The molecule has 2 N–H and O–H groups in total. The minimum Gasteiger partial charge on any atom is -0.504 e. The minimum atomic E-state index is -0.811. The van der Waals surface area contributed by atoms with Crippen LogP contribution in [0.15, 0.2) is 30.5 Å². The Morgan fingerprint density at radius 1 is 1.16 bits per heavy atom. The predicted molar refractivity (Wildman–Crippen MR) is 151 cm³/mol. The second kappa shape index (κ2) is 12.6.